The van der Waals surface area contributed by atoms with Crippen LogP contribution in [-0.2, 0) is 16.3 Å². The van der Waals surface area contributed by atoms with Gasteiger partial charge in [0.25, 0.3) is 0 Å². The van der Waals surface area contributed by atoms with Crippen LogP contribution in [0.5, 0.6) is 5.75 Å². The largest absolute Gasteiger partial charge is 0.508 e. The van der Waals surface area contributed by atoms with Crippen LogP contribution in [0.25, 0.3) is 0 Å². The molecule has 3 N–H and O–H groups in total. The van der Waals surface area contributed by atoms with E-state index in [1.165, 1.54) is 11.8 Å². The molecular formula is C16H28IN3O3S. The minimum atomic E-state index is -2.93. The number of halogens is 1. The summed E-state index contributed by atoms with van der Waals surface area (Å²) in [4.78, 5) is 4.14. The molecule has 0 amide bonds. The summed E-state index contributed by atoms with van der Waals surface area (Å²) >= 11 is 0. The Bertz CT molecular complexity index is 603. The zero-order chi connectivity index (χ0) is 17.3. The molecule has 8 heteroatoms. The number of sulfone groups is 1. The molecule has 0 spiro atoms. The summed E-state index contributed by atoms with van der Waals surface area (Å²) in [5.74, 6) is 1.12. The van der Waals surface area contributed by atoms with E-state index in [0.717, 1.165) is 19.4 Å². The predicted molar refractivity (Wildman–Crippen MR) is 110 cm³/mol. The Morgan fingerprint density at radius 3 is 2.46 bits per heavy atom. The molecule has 0 aliphatic carbocycles. The van der Waals surface area contributed by atoms with Gasteiger partial charge in [0, 0.05) is 25.9 Å². The fourth-order valence-corrected chi connectivity index (χ4v) is 2.83. The maximum absolute atomic E-state index is 11.2. The molecule has 0 saturated carbocycles. The Balaban J connectivity index is 0.00000529. The predicted octanol–water partition coefficient (Wildman–Crippen LogP) is 1.93. The van der Waals surface area contributed by atoms with Gasteiger partial charge >= 0.3 is 0 Å². The zero-order valence-corrected chi connectivity index (χ0v) is 17.6. The van der Waals surface area contributed by atoms with E-state index in [9.17, 15) is 13.5 Å². The second kappa shape index (κ2) is 11.5. The molecule has 0 fully saturated rings. The first-order chi connectivity index (χ1) is 10.8. The Morgan fingerprint density at radius 2 is 1.92 bits per heavy atom. The molecular weight excluding hydrogens is 441 g/mol. The Morgan fingerprint density at radius 1 is 1.29 bits per heavy atom. The first-order valence-electron chi connectivity index (χ1n) is 7.73. The van der Waals surface area contributed by atoms with Gasteiger partial charge in [0.05, 0.1) is 5.75 Å². The van der Waals surface area contributed by atoms with Gasteiger partial charge in [-0.1, -0.05) is 12.1 Å². The van der Waals surface area contributed by atoms with Crippen molar-refractivity contribution >= 4 is 39.8 Å². The molecule has 0 bridgehead atoms. The SMILES string of the molecule is CN=C(NCCCc1ccc(O)cc1)NC(C)CCS(C)(=O)=O.I. The Labute approximate surface area is 162 Å². The first kappa shape index (κ1) is 23.0. The molecule has 138 valence electrons. The molecule has 0 radical (unpaired) electrons. The van der Waals surface area contributed by atoms with Crippen LogP contribution in [0.2, 0.25) is 0 Å². The van der Waals surface area contributed by atoms with Crippen LogP contribution < -0.4 is 10.6 Å². The van der Waals surface area contributed by atoms with Crippen LogP contribution in [0.1, 0.15) is 25.3 Å². The quantitative estimate of drug-likeness (QED) is 0.234. The fourth-order valence-electron chi connectivity index (χ4n) is 2.05. The molecule has 1 atom stereocenters. The van der Waals surface area contributed by atoms with Crippen molar-refractivity contribution in [3.05, 3.63) is 29.8 Å². The van der Waals surface area contributed by atoms with Crippen LogP contribution in [0.3, 0.4) is 0 Å². The number of nitrogens with zero attached hydrogens (tertiary/aromatic N) is 1. The average molecular weight is 469 g/mol. The van der Waals surface area contributed by atoms with Gasteiger partial charge in [-0.25, -0.2) is 8.42 Å². The van der Waals surface area contributed by atoms with E-state index in [1.54, 1.807) is 19.2 Å². The highest BCUT2D eigenvalue weighted by Gasteiger charge is 2.09. The molecule has 0 saturated heterocycles. The second-order valence-electron chi connectivity index (χ2n) is 5.73. The molecule has 1 aromatic rings. The van der Waals surface area contributed by atoms with E-state index >= 15 is 0 Å². The molecule has 0 aromatic heterocycles. The minimum absolute atomic E-state index is 0. The molecule has 1 rings (SSSR count). The number of hydrogen-bond donors (Lipinski definition) is 3. The van der Waals surface area contributed by atoms with Crippen LogP contribution >= 0.6 is 24.0 Å². The van der Waals surface area contributed by atoms with Crippen molar-refractivity contribution < 1.29 is 13.5 Å². The van der Waals surface area contributed by atoms with Crippen molar-refractivity contribution in [1.29, 1.82) is 0 Å². The monoisotopic (exact) mass is 469 g/mol. The average Bonchev–Trinajstić information content (AvgIpc) is 2.49. The van der Waals surface area contributed by atoms with Gasteiger partial charge < -0.3 is 15.7 Å². The summed E-state index contributed by atoms with van der Waals surface area (Å²) in [6, 6.07) is 7.23. The van der Waals surface area contributed by atoms with E-state index in [1.807, 2.05) is 19.1 Å². The summed E-state index contributed by atoms with van der Waals surface area (Å²) in [7, 11) is -1.24. The van der Waals surface area contributed by atoms with Crippen molar-refractivity contribution in [3.8, 4) is 5.75 Å². The lowest BCUT2D eigenvalue weighted by atomic mass is 10.1. The van der Waals surface area contributed by atoms with Crippen molar-refractivity contribution in [2.24, 2.45) is 4.99 Å². The van der Waals surface area contributed by atoms with Gasteiger partial charge in [-0.3, -0.25) is 4.99 Å². The van der Waals surface area contributed by atoms with Crippen LogP contribution in [0, 0.1) is 0 Å². The number of aromatic hydroxyl groups is 1. The second-order valence-corrected chi connectivity index (χ2v) is 7.99. The highest BCUT2D eigenvalue weighted by Crippen LogP contribution is 2.10. The number of phenols is 1. The van der Waals surface area contributed by atoms with Gasteiger partial charge in [-0.2, -0.15) is 0 Å². The lowest BCUT2D eigenvalue weighted by Gasteiger charge is -2.17. The summed E-state index contributed by atoms with van der Waals surface area (Å²) < 4.78 is 22.3. The summed E-state index contributed by atoms with van der Waals surface area (Å²) in [5.41, 5.74) is 1.18. The Kier molecular flexibility index (Phi) is 11.0. The normalized spacial score (nSPS) is 13.0. The molecule has 1 aromatic carbocycles. The number of guanidine groups is 1. The highest BCUT2D eigenvalue weighted by atomic mass is 127. The fraction of sp³-hybridized carbons (Fsp3) is 0.562. The van der Waals surface area contributed by atoms with E-state index in [-0.39, 0.29) is 41.5 Å². The third-order valence-electron chi connectivity index (χ3n) is 3.40. The molecule has 0 heterocycles. The molecule has 0 aliphatic heterocycles. The molecule has 0 aliphatic rings. The van der Waals surface area contributed by atoms with E-state index in [4.69, 9.17) is 0 Å². The highest BCUT2D eigenvalue weighted by molar-refractivity contribution is 14.0. The summed E-state index contributed by atoms with van der Waals surface area (Å²) in [5, 5.41) is 15.6. The standard InChI is InChI=1S/C16H27N3O3S.HI/c1-13(10-12-23(3,21)22)19-16(17-2)18-11-4-5-14-6-8-15(20)9-7-14;/h6-9,13,20H,4-5,10-12H2,1-3H3,(H2,17,18,19);1H. The van der Waals surface area contributed by atoms with Crippen molar-refractivity contribution in [1.82, 2.24) is 10.6 Å². The maximum Gasteiger partial charge on any atom is 0.191 e. The van der Waals surface area contributed by atoms with Crippen molar-refractivity contribution in [2.75, 3.05) is 25.6 Å². The minimum Gasteiger partial charge on any atom is -0.508 e. The number of nitrogens with one attached hydrogen (secondary N) is 2. The smallest absolute Gasteiger partial charge is 0.191 e. The maximum atomic E-state index is 11.2. The van der Waals surface area contributed by atoms with Crippen molar-refractivity contribution in [2.45, 2.75) is 32.2 Å². The molecule has 6 nitrogen and oxygen atoms in total. The number of aryl methyl sites for hydroxylation is 1. The third kappa shape index (κ3) is 10.7. The first-order valence-corrected chi connectivity index (χ1v) is 9.79. The number of rotatable bonds is 8. The van der Waals surface area contributed by atoms with Gasteiger partial charge in [0.1, 0.15) is 15.6 Å². The van der Waals surface area contributed by atoms with E-state index in [2.05, 4.69) is 15.6 Å². The van der Waals surface area contributed by atoms with Crippen LogP contribution in [0.15, 0.2) is 29.3 Å². The Hall–Kier alpha value is -1.03. The topological polar surface area (TPSA) is 90.8 Å². The van der Waals surface area contributed by atoms with Gasteiger partial charge in [-0.05, 0) is 43.9 Å². The van der Waals surface area contributed by atoms with Gasteiger partial charge in [0.2, 0.25) is 0 Å². The summed E-state index contributed by atoms with van der Waals surface area (Å²) in [6.45, 7) is 2.70. The van der Waals surface area contributed by atoms with Crippen molar-refractivity contribution in [3.63, 3.8) is 0 Å². The summed E-state index contributed by atoms with van der Waals surface area (Å²) in [6.07, 6.45) is 3.64. The van der Waals surface area contributed by atoms with Gasteiger partial charge in [-0.15, -0.1) is 24.0 Å². The number of benzene rings is 1. The number of phenolic OH excluding ortho intramolecular Hbond substituents is 1. The molecule has 1 unspecified atom stereocenters. The molecule has 24 heavy (non-hydrogen) atoms. The van der Waals surface area contributed by atoms with E-state index < -0.39 is 9.84 Å². The van der Waals surface area contributed by atoms with Crippen LogP contribution in [0.4, 0.5) is 0 Å². The zero-order valence-electron chi connectivity index (χ0n) is 14.4. The van der Waals surface area contributed by atoms with Gasteiger partial charge in [0.15, 0.2) is 5.96 Å². The van der Waals surface area contributed by atoms with E-state index in [0.29, 0.717) is 12.4 Å². The third-order valence-corrected chi connectivity index (χ3v) is 4.38. The number of hydrogen-bond acceptors (Lipinski definition) is 4. The lowest BCUT2D eigenvalue weighted by Crippen LogP contribution is -2.43. The van der Waals surface area contributed by atoms with Crippen LogP contribution in [-0.4, -0.2) is 51.1 Å². The number of aliphatic imine (C=N–C) groups is 1. The lowest BCUT2D eigenvalue weighted by molar-refractivity contribution is 0.475.